The van der Waals surface area contributed by atoms with Crippen LogP contribution >= 0.6 is 11.6 Å². The zero-order valence-corrected chi connectivity index (χ0v) is 19.3. The number of nitrogen functional groups attached to an aromatic ring is 1. The van der Waals surface area contributed by atoms with Gasteiger partial charge in [0, 0.05) is 24.7 Å². The van der Waals surface area contributed by atoms with Crippen LogP contribution in [0.3, 0.4) is 0 Å². The molecule has 1 atom stereocenters. The molecule has 3 aromatic heterocycles. The van der Waals surface area contributed by atoms with Gasteiger partial charge in [0.2, 0.25) is 5.91 Å². The molecule has 1 amide bonds. The average molecular weight is 491 g/mol. The highest BCUT2D eigenvalue weighted by atomic mass is 35.5. The van der Waals surface area contributed by atoms with E-state index in [1.807, 2.05) is 4.57 Å². The first-order chi connectivity index (χ1) is 17.0. The summed E-state index contributed by atoms with van der Waals surface area (Å²) in [6.45, 7) is 4.61. The number of aromatic nitrogens is 6. The lowest BCUT2D eigenvalue weighted by Gasteiger charge is -2.14. The number of benzene rings is 1. The van der Waals surface area contributed by atoms with Crippen LogP contribution in [0.1, 0.15) is 42.6 Å². The number of hydrogen-bond acceptors (Lipinski definition) is 6. The van der Waals surface area contributed by atoms with E-state index in [0.29, 0.717) is 52.8 Å². The number of anilines is 1. The van der Waals surface area contributed by atoms with E-state index in [9.17, 15) is 4.79 Å². The Labute approximate surface area is 204 Å². The van der Waals surface area contributed by atoms with Crippen LogP contribution in [0, 0.1) is 17.7 Å². The Morgan fingerprint density at radius 3 is 2.83 bits per heavy atom. The van der Waals surface area contributed by atoms with Gasteiger partial charge in [-0.2, -0.15) is 5.10 Å². The number of nitrogens with two attached hydrogens (primary N) is 1. The molecule has 2 aliphatic rings. The second kappa shape index (κ2) is 8.06. The summed E-state index contributed by atoms with van der Waals surface area (Å²) in [5.41, 5.74) is 8.23. The van der Waals surface area contributed by atoms with Gasteiger partial charge in [-0.3, -0.25) is 4.79 Å². The number of fused-ring (bicyclic) bond motifs is 2. The van der Waals surface area contributed by atoms with Crippen LogP contribution in [-0.2, 0) is 4.79 Å². The molecule has 0 radical (unpaired) electrons. The predicted molar refractivity (Wildman–Crippen MR) is 129 cm³/mol. The van der Waals surface area contributed by atoms with Gasteiger partial charge in [-0.05, 0) is 37.3 Å². The molecule has 0 spiro atoms. The van der Waals surface area contributed by atoms with E-state index in [1.165, 1.54) is 12.4 Å². The molecular weight excluding hydrogens is 471 g/mol. The van der Waals surface area contributed by atoms with Gasteiger partial charge in [0.1, 0.15) is 23.4 Å². The van der Waals surface area contributed by atoms with Crippen molar-refractivity contribution in [2.75, 3.05) is 18.8 Å². The lowest BCUT2D eigenvalue weighted by atomic mass is 10.1. The van der Waals surface area contributed by atoms with Crippen molar-refractivity contribution in [3.63, 3.8) is 0 Å². The van der Waals surface area contributed by atoms with Crippen LogP contribution in [0.5, 0.6) is 0 Å². The van der Waals surface area contributed by atoms with Gasteiger partial charge in [-0.25, -0.2) is 24.0 Å². The zero-order chi connectivity index (χ0) is 24.3. The number of rotatable bonds is 3. The second-order valence-corrected chi connectivity index (χ2v) is 9.11. The van der Waals surface area contributed by atoms with Crippen molar-refractivity contribution in [1.29, 1.82) is 0 Å². The zero-order valence-electron chi connectivity index (χ0n) is 18.6. The first kappa shape index (κ1) is 21.6. The fourth-order valence-corrected chi connectivity index (χ4v) is 4.78. The van der Waals surface area contributed by atoms with E-state index in [1.54, 1.807) is 22.0 Å². The number of carbonyl (C=O) groups is 1. The molecule has 0 bridgehead atoms. The summed E-state index contributed by atoms with van der Waals surface area (Å²) < 4.78 is 18.7. The number of hydrogen-bond donors (Lipinski definition) is 1. The van der Waals surface area contributed by atoms with Crippen LogP contribution in [0.15, 0.2) is 31.4 Å². The monoisotopic (exact) mass is 490 g/mol. The molecule has 1 saturated heterocycles. The molecule has 11 heteroatoms. The van der Waals surface area contributed by atoms with Crippen molar-refractivity contribution < 1.29 is 9.18 Å². The number of imidazole rings is 1. The minimum Gasteiger partial charge on any atom is -0.383 e. The topological polar surface area (TPSA) is 108 Å². The van der Waals surface area contributed by atoms with E-state index in [4.69, 9.17) is 17.3 Å². The fraction of sp³-hybridized carbons (Fsp3) is 0.292. The molecule has 176 valence electrons. The summed E-state index contributed by atoms with van der Waals surface area (Å²) in [5.74, 6) is 5.50. The Balaban J connectivity index is 1.42. The highest BCUT2D eigenvalue weighted by Crippen LogP contribution is 2.39. The largest absolute Gasteiger partial charge is 0.383 e. The molecule has 6 rings (SSSR count). The summed E-state index contributed by atoms with van der Waals surface area (Å²) >= 11 is 6.37. The predicted octanol–water partition coefficient (Wildman–Crippen LogP) is 3.24. The minimum atomic E-state index is -0.533. The SMILES string of the molecule is C=CC(=O)N1CCC(n2nc(C#Cc3cc4ncn(C5CC5)c4c(F)c3Cl)c3c(N)ncnc32)C1. The van der Waals surface area contributed by atoms with Crippen molar-refractivity contribution >= 4 is 45.4 Å². The highest BCUT2D eigenvalue weighted by Gasteiger charge is 2.30. The third-order valence-electron chi connectivity index (χ3n) is 6.51. The average Bonchev–Trinajstić information content (AvgIpc) is 3.27. The van der Waals surface area contributed by atoms with Gasteiger partial charge in [0.25, 0.3) is 0 Å². The van der Waals surface area contributed by atoms with Gasteiger partial charge in [0.05, 0.1) is 28.3 Å². The maximum atomic E-state index is 15.2. The molecule has 9 nitrogen and oxygen atoms in total. The normalized spacial score (nSPS) is 17.7. The molecule has 2 N–H and O–H groups in total. The van der Waals surface area contributed by atoms with E-state index >= 15 is 4.39 Å². The number of nitrogens with zero attached hydrogens (tertiary/aromatic N) is 7. The lowest BCUT2D eigenvalue weighted by molar-refractivity contribution is -0.125. The Bertz CT molecular complexity index is 1590. The number of halogens is 2. The number of carbonyl (C=O) groups excluding carboxylic acids is 1. The van der Waals surface area contributed by atoms with E-state index in [-0.39, 0.29) is 28.8 Å². The first-order valence-corrected chi connectivity index (χ1v) is 11.6. The quantitative estimate of drug-likeness (QED) is 0.349. The molecule has 1 aliphatic heterocycles. The van der Waals surface area contributed by atoms with Crippen LogP contribution < -0.4 is 5.73 Å². The third kappa shape index (κ3) is 3.51. The van der Waals surface area contributed by atoms with Crippen molar-refractivity contribution in [2.24, 2.45) is 0 Å². The summed E-state index contributed by atoms with van der Waals surface area (Å²) in [6, 6.07) is 1.85. The lowest BCUT2D eigenvalue weighted by Crippen LogP contribution is -2.27. The smallest absolute Gasteiger partial charge is 0.246 e. The third-order valence-corrected chi connectivity index (χ3v) is 6.88. The molecule has 1 aromatic carbocycles. The summed E-state index contributed by atoms with van der Waals surface area (Å²) in [5, 5.41) is 5.10. The minimum absolute atomic E-state index is 0.0604. The number of likely N-dealkylation sites (tertiary alicyclic amines) is 1. The molecular formula is C24H20ClFN8O. The van der Waals surface area contributed by atoms with Crippen LogP contribution in [0.25, 0.3) is 22.1 Å². The van der Waals surface area contributed by atoms with Gasteiger partial charge in [-0.1, -0.05) is 24.1 Å². The molecule has 1 aliphatic carbocycles. The Hall–Kier alpha value is -3.97. The fourth-order valence-electron chi connectivity index (χ4n) is 4.58. The molecule has 35 heavy (non-hydrogen) atoms. The van der Waals surface area contributed by atoms with Crippen LogP contribution in [0.2, 0.25) is 5.02 Å². The maximum absolute atomic E-state index is 15.2. The summed E-state index contributed by atoms with van der Waals surface area (Å²) in [6.07, 6.45) is 7.02. The molecule has 4 aromatic rings. The van der Waals surface area contributed by atoms with Crippen molar-refractivity contribution in [3.8, 4) is 11.8 Å². The Kier molecular flexibility index (Phi) is 4.96. The number of amides is 1. The molecule has 4 heterocycles. The Morgan fingerprint density at radius 2 is 2.06 bits per heavy atom. The van der Waals surface area contributed by atoms with Crippen LogP contribution in [-0.4, -0.2) is 53.2 Å². The van der Waals surface area contributed by atoms with Crippen LogP contribution in [0.4, 0.5) is 10.2 Å². The van der Waals surface area contributed by atoms with Crippen molar-refractivity contribution in [3.05, 3.63) is 53.5 Å². The van der Waals surface area contributed by atoms with E-state index < -0.39 is 5.82 Å². The second-order valence-electron chi connectivity index (χ2n) is 8.73. The standard InChI is InChI=1S/C24H20ClFN8O/c1-2-18(35)32-8-7-15(10-32)34-24-19(23(27)28-11-29-24)16(31-34)6-3-13-9-17-22(21(26)20(13)25)33(12-30-17)14-4-5-14/h2,9,11-12,14-15H,1,4-5,7-8,10H2,(H2,27,28,29). The summed E-state index contributed by atoms with van der Waals surface area (Å²) in [7, 11) is 0. The summed E-state index contributed by atoms with van der Waals surface area (Å²) in [4.78, 5) is 26.5. The van der Waals surface area contributed by atoms with Gasteiger partial charge < -0.3 is 15.2 Å². The van der Waals surface area contributed by atoms with Gasteiger partial charge in [0.15, 0.2) is 11.5 Å². The first-order valence-electron chi connectivity index (χ1n) is 11.2. The van der Waals surface area contributed by atoms with E-state index in [0.717, 1.165) is 12.8 Å². The van der Waals surface area contributed by atoms with E-state index in [2.05, 4.69) is 38.5 Å². The van der Waals surface area contributed by atoms with Gasteiger partial charge in [-0.15, -0.1) is 0 Å². The Morgan fingerprint density at radius 1 is 1.23 bits per heavy atom. The molecule has 1 unspecified atom stereocenters. The molecule has 1 saturated carbocycles. The maximum Gasteiger partial charge on any atom is 0.246 e. The van der Waals surface area contributed by atoms with Gasteiger partial charge >= 0.3 is 0 Å². The molecule has 2 fully saturated rings. The van der Waals surface area contributed by atoms with Crippen molar-refractivity contribution in [2.45, 2.75) is 31.3 Å². The highest BCUT2D eigenvalue weighted by molar-refractivity contribution is 6.32. The van der Waals surface area contributed by atoms with Crippen molar-refractivity contribution in [1.82, 2.24) is 34.2 Å².